The average molecular weight is 910 g/mol. The summed E-state index contributed by atoms with van der Waals surface area (Å²) in [6.45, 7) is 0. The van der Waals surface area contributed by atoms with Crippen LogP contribution in [-0.2, 0) is 30.8 Å². The number of halogens is 5. The number of pyridine rings is 1. The number of ether oxygens (including phenoxy) is 2. The van der Waals surface area contributed by atoms with E-state index >= 15 is 4.79 Å². The summed E-state index contributed by atoms with van der Waals surface area (Å²) in [7, 11) is 3.14. The molecule has 1 aromatic heterocycles. The van der Waals surface area contributed by atoms with Crippen molar-refractivity contribution < 1.29 is 46.9 Å². The maximum Gasteiger partial charge on any atom is 0.417 e. The first-order chi connectivity index (χ1) is 30.7. The molecular formula is C48H37Cl2F3N4O7. The first kappa shape index (κ1) is 42.7. The first-order valence-corrected chi connectivity index (χ1v) is 20.9. The van der Waals surface area contributed by atoms with Gasteiger partial charge >= 0.3 is 6.18 Å². The quantitative estimate of drug-likeness (QED) is 0.0842. The van der Waals surface area contributed by atoms with Crippen LogP contribution in [0.25, 0.3) is 12.2 Å². The van der Waals surface area contributed by atoms with Gasteiger partial charge in [-0.05, 0) is 84.5 Å². The number of anilines is 2. The highest BCUT2D eigenvalue weighted by Gasteiger charge is 2.70. The minimum absolute atomic E-state index is 0.0824. The number of hydrogen-bond donors (Lipinski definition) is 2. The summed E-state index contributed by atoms with van der Waals surface area (Å²) in [4.78, 5) is 64.5. The number of aromatic nitrogens is 1. The lowest BCUT2D eigenvalue weighted by Crippen LogP contribution is -2.53. The molecule has 3 fully saturated rings. The van der Waals surface area contributed by atoms with Crippen LogP contribution < -0.4 is 19.8 Å². The Morgan fingerprint density at radius 3 is 2.27 bits per heavy atom. The average Bonchev–Trinajstić information content (AvgIpc) is 3.66. The van der Waals surface area contributed by atoms with Crippen LogP contribution in [0.15, 0.2) is 115 Å². The number of carbonyl (C=O) groups is 4. The molecule has 0 spiro atoms. The van der Waals surface area contributed by atoms with Gasteiger partial charge in [0.15, 0.2) is 5.82 Å². The number of imide groups is 2. The molecule has 0 bridgehead atoms. The molecule has 16 heteroatoms. The number of carbonyl (C=O) groups excluding carboxylic acids is 4. The van der Waals surface area contributed by atoms with Crippen LogP contribution in [0.1, 0.15) is 46.6 Å². The molecular weight excluding hydrogens is 872 g/mol. The van der Waals surface area contributed by atoms with E-state index in [0.29, 0.717) is 50.6 Å². The number of methoxy groups -OCH3 is 2. The normalized spacial score (nSPS) is 24.1. The van der Waals surface area contributed by atoms with E-state index < -0.39 is 75.4 Å². The largest absolute Gasteiger partial charge is 0.508 e. The molecule has 0 unspecified atom stereocenters. The van der Waals surface area contributed by atoms with Gasteiger partial charge in [-0.3, -0.25) is 29.5 Å². The molecule has 4 amide bonds. The molecule has 326 valence electrons. The number of para-hydroxylation sites is 1. The number of amides is 4. The van der Waals surface area contributed by atoms with Crippen molar-refractivity contribution in [3.8, 4) is 17.2 Å². The van der Waals surface area contributed by atoms with Crippen molar-refractivity contribution in [2.45, 2.75) is 30.4 Å². The summed E-state index contributed by atoms with van der Waals surface area (Å²) in [5.41, 5.74) is 2.81. The second-order valence-electron chi connectivity index (χ2n) is 16.0. The Kier molecular flexibility index (Phi) is 10.8. The Labute approximate surface area is 374 Å². The van der Waals surface area contributed by atoms with Gasteiger partial charge in [0.05, 0.1) is 53.7 Å². The third kappa shape index (κ3) is 6.87. The smallest absolute Gasteiger partial charge is 0.417 e. The molecule has 64 heavy (non-hydrogen) atoms. The van der Waals surface area contributed by atoms with E-state index in [9.17, 15) is 32.7 Å². The van der Waals surface area contributed by atoms with Crippen LogP contribution in [0.2, 0.25) is 10.0 Å². The third-order valence-corrected chi connectivity index (χ3v) is 13.4. The Balaban J connectivity index is 1.11. The summed E-state index contributed by atoms with van der Waals surface area (Å²) in [5.74, 6) is -6.56. The lowest BCUT2D eigenvalue weighted by molar-refractivity contribution is -0.139. The predicted molar refractivity (Wildman–Crippen MR) is 232 cm³/mol. The standard InChI is InChI=1S/C48H37Cl2F3N4O7/c1-63-31-17-20-39(64-2)26(21-31)10-7-25-8-15-30(16-9-25)56-43(59)34-19-18-32-35(40(34)45(56)61)23-36-44(60)57(55-42-37(50)22-28(24-54-42)48(51,52)53)46(62)47(36,27-11-13-29(49)14-12-27)41(32)33-5-3-4-6-38(33)58/h3-18,20-22,24,34-36,40-41,58H,19,23H2,1-2H3,(H,54,55)/t34-,35+,36-,40-,41+,47+/m0/s1. The number of hydrazine groups is 1. The number of nitrogens with one attached hydrogen (secondary N) is 1. The zero-order valence-corrected chi connectivity index (χ0v) is 35.5. The molecule has 2 N–H and O–H groups in total. The van der Waals surface area contributed by atoms with E-state index in [-0.39, 0.29) is 30.0 Å². The van der Waals surface area contributed by atoms with E-state index in [1.165, 1.54) is 11.0 Å². The fourth-order valence-electron chi connectivity index (χ4n) is 10.0. The topological polar surface area (TPSA) is 138 Å². The molecule has 9 rings (SSSR count). The van der Waals surface area contributed by atoms with Crippen molar-refractivity contribution in [1.82, 2.24) is 9.99 Å². The number of phenolic OH excluding ortho intramolecular Hbond substituents is 1. The van der Waals surface area contributed by atoms with E-state index in [1.54, 1.807) is 93.1 Å². The number of hydrogen-bond acceptors (Lipinski definition) is 9. The maximum atomic E-state index is 15.4. The summed E-state index contributed by atoms with van der Waals surface area (Å²) < 4.78 is 51.5. The number of phenols is 1. The molecule has 3 heterocycles. The molecule has 4 aliphatic rings. The van der Waals surface area contributed by atoms with Crippen LogP contribution in [0.5, 0.6) is 17.2 Å². The number of nitrogens with zero attached hydrogens (tertiary/aromatic N) is 3. The Morgan fingerprint density at radius 2 is 1.59 bits per heavy atom. The van der Waals surface area contributed by atoms with Crippen molar-refractivity contribution in [3.63, 3.8) is 0 Å². The second kappa shape index (κ2) is 16.2. The molecule has 11 nitrogen and oxygen atoms in total. The fraction of sp³-hybridized carbons (Fsp3) is 0.229. The van der Waals surface area contributed by atoms with Gasteiger partial charge in [0, 0.05) is 28.3 Å². The van der Waals surface area contributed by atoms with E-state index in [4.69, 9.17) is 32.7 Å². The van der Waals surface area contributed by atoms with Crippen molar-refractivity contribution in [2.75, 3.05) is 24.5 Å². The second-order valence-corrected chi connectivity index (χ2v) is 16.9. The van der Waals surface area contributed by atoms with Gasteiger partial charge in [-0.15, -0.1) is 0 Å². The number of alkyl halides is 3. The van der Waals surface area contributed by atoms with Gasteiger partial charge in [0.25, 0.3) is 11.8 Å². The van der Waals surface area contributed by atoms with Gasteiger partial charge in [-0.2, -0.15) is 18.2 Å². The number of benzene rings is 4. The van der Waals surface area contributed by atoms with Gasteiger partial charge in [-0.25, -0.2) is 4.98 Å². The lowest BCUT2D eigenvalue weighted by Gasteiger charge is -2.50. The van der Waals surface area contributed by atoms with Crippen LogP contribution in [0.3, 0.4) is 0 Å². The van der Waals surface area contributed by atoms with E-state index in [1.807, 2.05) is 24.3 Å². The maximum absolute atomic E-state index is 15.4. The number of fused-ring (bicyclic) bond motifs is 4. The number of allylic oxidation sites excluding steroid dienone is 2. The molecule has 2 saturated heterocycles. The molecule has 2 aliphatic carbocycles. The third-order valence-electron chi connectivity index (χ3n) is 12.8. The summed E-state index contributed by atoms with van der Waals surface area (Å²) >= 11 is 12.6. The van der Waals surface area contributed by atoms with Crippen LogP contribution in [0.4, 0.5) is 24.7 Å². The van der Waals surface area contributed by atoms with Gasteiger partial charge in [-0.1, -0.05) is 89.5 Å². The van der Waals surface area contributed by atoms with Gasteiger partial charge in [0.2, 0.25) is 11.8 Å². The minimum Gasteiger partial charge on any atom is -0.508 e. The van der Waals surface area contributed by atoms with Crippen LogP contribution >= 0.6 is 23.2 Å². The molecule has 6 atom stereocenters. The first-order valence-electron chi connectivity index (χ1n) is 20.2. The minimum atomic E-state index is -4.77. The molecule has 2 aliphatic heterocycles. The fourth-order valence-corrected chi connectivity index (χ4v) is 10.3. The SMILES string of the molecule is COc1ccc(OC)c(C=Cc2ccc(N3C(=O)[C@H]4[C@H](CC=C5[C@H]4C[C@H]4C(=O)N(Nc6ncc(C(F)(F)F)cc6Cl)C(=O)[C@@]4(c4ccc(Cl)cc4)[C@H]5c4ccccc4O)C3=O)cc2)c1. The van der Waals surface area contributed by atoms with Crippen LogP contribution in [-0.4, -0.2) is 52.9 Å². The lowest BCUT2D eigenvalue weighted by atomic mass is 9.49. The van der Waals surface area contributed by atoms with Crippen molar-refractivity contribution in [2.24, 2.45) is 23.7 Å². The molecule has 1 saturated carbocycles. The van der Waals surface area contributed by atoms with Crippen molar-refractivity contribution >= 4 is 70.5 Å². The van der Waals surface area contributed by atoms with Crippen LogP contribution in [0, 0.1) is 23.7 Å². The molecule has 0 radical (unpaired) electrons. The van der Waals surface area contributed by atoms with Crippen molar-refractivity contribution in [1.29, 1.82) is 0 Å². The molecule has 5 aromatic rings. The summed E-state index contributed by atoms with van der Waals surface area (Å²) in [5, 5.41) is 12.1. The predicted octanol–water partition coefficient (Wildman–Crippen LogP) is 9.49. The van der Waals surface area contributed by atoms with E-state index in [2.05, 4.69) is 10.4 Å². The highest BCUT2D eigenvalue weighted by Crippen LogP contribution is 2.65. The molecule has 4 aromatic carbocycles. The van der Waals surface area contributed by atoms with Gasteiger partial charge in [0.1, 0.15) is 17.2 Å². The van der Waals surface area contributed by atoms with Gasteiger partial charge < -0.3 is 14.6 Å². The zero-order valence-electron chi connectivity index (χ0n) is 34.0. The zero-order chi connectivity index (χ0) is 45.2. The highest BCUT2D eigenvalue weighted by atomic mass is 35.5. The Hall–Kier alpha value is -6.64. The number of rotatable bonds is 9. The summed E-state index contributed by atoms with van der Waals surface area (Å²) in [6.07, 6.45) is 1.37. The summed E-state index contributed by atoms with van der Waals surface area (Å²) in [6, 6.07) is 25.7. The van der Waals surface area contributed by atoms with E-state index in [0.717, 1.165) is 11.1 Å². The van der Waals surface area contributed by atoms with Crippen molar-refractivity contribution in [3.05, 3.63) is 153 Å². The highest BCUT2D eigenvalue weighted by molar-refractivity contribution is 6.33. The Bertz CT molecular complexity index is 2800. The number of aromatic hydroxyl groups is 1. The Morgan fingerprint density at radius 1 is 0.859 bits per heavy atom. The monoisotopic (exact) mass is 908 g/mol.